The normalized spacial score (nSPS) is 32.4. The highest BCUT2D eigenvalue weighted by molar-refractivity contribution is 8.01. The topological polar surface area (TPSA) is 37.4 Å². The summed E-state index contributed by atoms with van der Waals surface area (Å²) in [6.07, 6.45) is 0. The summed E-state index contributed by atoms with van der Waals surface area (Å²) in [5.41, 5.74) is 0. The zero-order chi connectivity index (χ0) is 6.43. The van der Waals surface area contributed by atoms with E-state index >= 15 is 0 Å². The van der Waals surface area contributed by atoms with E-state index in [9.17, 15) is 9.59 Å². The number of carbonyl (C=O) groups excluding carboxylic acids is 2. The van der Waals surface area contributed by atoms with Gasteiger partial charge in [0.15, 0.2) is 0 Å². The first kappa shape index (κ1) is 5.29. The van der Waals surface area contributed by atoms with Crippen LogP contribution in [0.25, 0.3) is 0 Å². The number of thioether (sulfide) groups is 1. The minimum absolute atomic E-state index is 0.0995. The minimum atomic E-state index is -0.287. The first-order chi connectivity index (χ1) is 4.30. The molecule has 0 aliphatic carbocycles. The van der Waals surface area contributed by atoms with E-state index in [1.165, 1.54) is 0 Å². The van der Waals surface area contributed by atoms with Gasteiger partial charge < -0.3 is 4.90 Å². The Kier molecular flexibility index (Phi) is 0.883. The van der Waals surface area contributed by atoms with Crippen molar-refractivity contribution < 1.29 is 9.59 Å². The van der Waals surface area contributed by atoms with E-state index in [0.717, 1.165) is 12.3 Å². The number of amides is 1. The summed E-state index contributed by atoms with van der Waals surface area (Å²) < 4.78 is 0. The van der Waals surface area contributed by atoms with E-state index in [2.05, 4.69) is 0 Å². The molecule has 0 radical (unpaired) electrons. The number of ketones is 1. The maximum absolute atomic E-state index is 10.6. The predicted octanol–water partition coefficient (Wildman–Crippen LogP) is -0.529. The average molecular weight is 143 g/mol. The first-order valence-corrected chi connectivity index (χ1v) is 3.82. The summed E-state index contributed by atoms with van der Waals surface area (Å²) in [6, 6.07) is 0. The fourth-order valence-corrected chi connectivity index (χ4v) is 2.23. The van der Waals surface area contributed by atoms with Crippen LogP contribution in [-0.2, 0) is 9.59 Å². The molecule has 2 heterocycles. The zero-order valence-electron chi connectivity index (χ0n) is 4.66. The van der Waals surface area contributed by atoms with Crippen LogP contribution >= 0.6 is 11.8 Å². The van der Waals surface area contributed by atoms with Crippen LogP contribution in [0.3, 0.4) is 0 Å². The Bertz CT molecular complexity index is 171. The van der Waals surface area contributed by atoms with Crippen LogP contribution in [0.2, 0.25) is 0 Å². The number of rotatable bonds is 0. The highest BCUT2D eigenvalue weighted by Gasteiger charge is 2.49. The SMILES string of the molecule is O=C1C(=O)N2CCSC12. The maximum Gasteiger partial charge on any atom is 0.294 e. The molecule has 0 aromatic rings. The minimum Gasteiger partial charge on any atom is -0.316 e. The van der Waals surface area contributed by atoms with E-state index in [1.54, 1.807) is 16.7 Å². The Morgan fingerprint density at radius 3 is 3.00 bits per heavy atom. The number of β-lactam (4-membered cyclic amide) rings is 1. The highest BCUT2D eigenvalue weighted by Crippen LogP contribution is 2.31. The third-order valence-corrected chi connectivity index (χ3v) is 2.79. The maximum atomic E-state index is 10.6. The fourth-order valence-electron chi connectivity index (χ4n) is 1.08. The number of hydrogen-bond donors (Lipinski definition) is 0. The van der Waals surface area contributed by atoms with Gasteiger partial charge in [0.05, 0.1) is 0 Å². The molecule has 0 aromatic heterocycles. The van der Waals surface area contributed by atoms with E-state index in [1.807, 2.05) is 0 Å². The monoisotopic (exact) mass is 143 g/mol. The molecule has 9 heavy (non-hydrogen) atoms. The predicted molar refractivity (Wildman–Crippen MR) is 33.0 cm³/mol. The number of hydrogen-bond acceptors (Lipinski definition) is 3. The molecule has 2 saturated heterocycles. The van der Waals surface area contributed by atoms with E-state index < -0.39 is 0 Å². The Balaban J connectivity index is 2.23. The smallest absolute Gasteiger partial charge is 0.294 e. The summed E-state index contributed by atoms with van der Waals surface area (Å²) >= 11 is 1.56. The van der Waals surface area contributed by atoms with Gasteiger partial charge in [-0.05, 0) is 0 Å². The Labute approximate surface area is 56.4 Å². The van der Waals surface area contributed by atoms with Gasteiger partial charge in [-0.2, -0.15) is 0 Å². The van der Waals surface area contributed by atoms with Crippen LogP contribution in [0.5, 0.6) is 0 Å². The molecule has 2 aliphatic rings. The Morgan fingerprint density at radius 2 is 2.33 bits per heavy atom. The van der Waals surface area contributed by atoms with Crippen LogP contribution in [0.1, 0.15) is 0 Å². The van der Waals surface area contributed by atoms with E-state index in [-0.39, 0.29) is 17.1 Å². The standard InChI is InChI=1S/C5H5NO2S/c7-3-4(8)6-1-2-9-5(3)6/h5H,1-2H2. The molecule has 3 nitrogen and oxygen atoms in total. The van der Waals surface area contributed by atoms with Crippen molar-refractivity contribution in [3.8, 4) is 0 Å². The molecular formula is C5H5NO2S. The van der Waals surface area contributed by atoms with Gasteiger partial charge in [0.25, 0.3) is 11.7 Å². The molecule has 0 spiro atoms. The fraction of sp³-hybridized carbons (Fsp3) is 0.600. The van der Waals surface area contributed by atoms with Gasteiger partial charge in [-0.1, -0.05) is 0 Å². The third-order valence-electron chi connectivity index (χ3n) is 1.59. The Morgan fingerprint density at radius 1 is 1.56 bits per heavy atom. The van der Waals surface area contributed by atoms with Gasteiger partial charge in [-0.15, -0.1) is 11.8 Å². The van der Waals surface area contributed by atoms with Gasteiger partial charge >= 0.3 is 0 Å². The van der Waals surface area contributed by atoms with E-state index in [4.69, 9.17) is 0 Å². The summed E-state index contributed by atoms with van der Waals surface area (Å²) in [6.45, 7) is 0.764. The molecule has 2 aliphatic heterocycles. The second kappa shape index (κ2) is 1.50. The highest BCUT2D eigenvalue weighted by atomic mass is 32.2. The van der Waals surface area contributed by atoms with Crippen molar-refractivity contribution in [2.24, 2.45) is 0 Å². The number of Topliss-reactive ketones (excluding diaryl/α,β-unsaturated/α-hetero) is 1. The largest absolute Gasteiger partial charge is 0.316 e. The van der Waals surface area contributed by atoms with Gasteiger partial charge in [0.2, 0.25) is 0 Å². The number of carbonyl (C=O) groups is 2. The van der Waals surface area contributed by atoms with Gasteiger partial charge in [0.1, 0.15) is 5.37 Å². The Hall–Kier alpha value is -0.510. The van der Waals surface area contributed by atoms with Crippen LogP contribution in [0, 0.1) is 0 Å². The molecule has 0 aromatic carbocycles. The summed E-state index contributed by atoms with van der Waals surface area (Å²) in [5, 5.41) is -0.0995. The first-order valence-electron chi connectivity index (χ1n) is 2.77. The lowest BCUT2D eigenvalue weighted by Crippen LogP contribution is -2.56. The van der Waals surface area contributed by atoms with Crippen molar-refractivity contribution in [1.29, 1.82) is 0 Å². The number of nitrogens with zero attached hydrogens (tertiary/aromatic N) is 1. The van der Waals surface area contributed by atoms with Crippen molar-refractivity contribution in [1.82, 2.24) is 4.90 Å². The van der Waals surface area contributed by atoms with Crippen LogP contribution in [-0.4, -0.2) is 34.3 Å². The van der Waals surface area contributed by atoms with Crippen molar-refractivity contribution in [2.75, 3.05) is 12.3 Å². The van der Waals surface area contributed by atoms with Crippen LogP contribution in [0.4, 0.5) is 0 Å². The molecular weight excluding hydrogens is 138 g/mol. The molecule has 0 bridgehead atoms. The lowest BCUT2D eigenvalue weighted by Gasteiger charge is -2.30. The summed E-state index contributed by atoms with van der Waals surface area (Å²) in [5.74, 6) is 0.421. The van der Waals surface area contributed by atoms with Crippen molar-refractivity contribution in [3.05, 3.63) is 0 Å². The molecule has 48 valence electrons. The van der Waals surface area contributed by atoms with E-state index in [0.29, 0.717) is 0 Å². The molecule has 4 heteroatoms. The lowest BCUT2D eigenvalue weighted by molar-refractivity contribution is -0.155. The summed E-state index contributed by atoms with van der Waals surface area (Å²) in [4.78, 5) is 22.9. The summed E-state index contributed by atoms with van der Waals surface area (Å²) in [7, 11) is 0. The quantitative estimate of drug-likeness (QED) is 0.338. The van der Waals surface area contributed by atoms with Crippen molar-refractivity contribution in [3.63, 3.8) is 0 Å². The molecule has 1 amide bonds. The molecule has 1 atom stereocenters. The van der Waals surface area contributed by atoms with Gasteiger partial charge in [-0.25, -0.2) is 0 Å². The van der Waals surface area contributed by atoms with Crippen molar-refractivity contribution in [2.45, 2.75) is 5.37 Å². The molecule has 2 fully saturated rings. The van der Waals surface area contributed by atoms with Crippen LogP contribution in [0.15, 0.2) is 0 Å². The van der Waals surface area contributed by atoms with Crippen molar-refractivity contribution >= 4 is 23.5 Å². The average Bonchev–Trinajstić information content (AvgIpc) is 2.30. The molecule has 1 unspecified atom stereocenters. The molecule has 2 rings (SSSR count). The zero-order valence-corrected chi connectivity index (χ0v) is 5.48. The van der Waals surface area contributed by atoms with Gasteiger partial charge in [-0.3, -0.25) is 9.59 Å². The second-order valence-electron chi connectivity index (χ2n) is 2.09. The number of fused-ring (bicyclic) bond motifs is 1. The third kappa shape index (κ3) is 0.489. The lowest BCUT2D eigenvalue weighted by atomic mass is 10.2. The molecule has 0 N–H and O–H groups in total. The van der Waals surface area contributed by atoms with Crippen LogP contribution < -0.4 is 0 Å². The van der Waals surface area contributed by atoms with Gasteiger partial charge in [0, 0.05) is 12.3 Å². The molecule has 0 saturated carbocycles. The second-order valence-corrected chi connectivity index (χ2v) is 3.27.